The van der Waals surface area contributed by atoms with Gasteiger partial charge in [-0.15, -0.1) is 0 Å². The smallest absolute Gasteiger partial charge is 0.254 e. The van der Waals surface area contributed by atoms with Crippen LogP contribution in [0.3, 0.4) is 0 Å². The number of carbonyl (C=O) groups excluding carboxylic acids is 1. The molecule has 0 bridgehead atoms. The molecule has 2 aromatic rings. The number of carbonyl (C=O) groups is 1. The van der Waals surface area contributed by atoms with Crippen molar-refractivity contribution in [2.45, 2.75) is 25.5 Å². The molecule has 4 nitrogen and oxygen atoms in total. The van der Waals surface area contributed by atoms with Crippen LogP contribution in [0.2, 0.25) is 10.0 Å². The number of hydrogen-bond donors (Lipinski definition) is 0. The Kier molecular flexibility index (Phi) is 5.26. The van der Waals surface area contributed by atoms with Gasteiger partial charge < -0.3 is 14.1 Å². The zero-order valence-corrected chi connectivity index (χ0v) is 14.0. The Labute approximate surface area is 144 Å². The van der Waals surface area contributed by atoms with Crippen molar-refractivity contribution in [3.63, 3.8) is 0 Å². The molecule has 122 valence electrons. The van der Waals surface area contributed by atoms with Crippen LogP contribution in [0.1, 0.15) is 29.0 Å². The van der Waals surface area contributed by atoms with Crippen LogP contribution < -0.4 is 0 Å². The molecule has 0 radical (unpaired) electrons. The molecule has 1 atom stereocenters. The SMILES string of the molecule is O=C(c1ccc(Cl)c(Cl)c1)N(Cc1ccco1)CC1CCCO1. The molecule has 1 aromatic heterocycles. The van der Waals surface area contributed by atoms with Crippen LogP contribution in [0.25, 0.3) is 0 Å². The second kappa shape index (κ2) is 7.39. The predicted molar refractivity (Wildman–Crippen MR) is 88.9 cm³/mol. The summed E-state index contributed by atoms with van der Waals surface area (Å²) in [5.41, 5.74) is 0.504. The number of benzene rings is 1. The number of amides is 1. The number of rotatable bonds is 5. The Bertz CT molecular complexity index is 666. The van der Waals surface area contributed by atoms with Crippen LogP contribution in [0.5, 0.6) is 0 Å². The van der Waals surface area contributed by atoms with Crippen LogP contribution >= 0.6 is 23.2 Å². The molecule has 1 unspecified atom stereocenters. The Balaban J connectivity index is 1.80. The third-order valence-electron chi connectivity index (χ3n) is 3.83. The van der Waals surface area contributed by atoms with Crippen molar-refractivity contribution < 1.29 is 13.9 Å². The van der Waals surface area contributed by atoms with E-state index < -0.39 is 0 Å². The summed E-state index contributed by atoms with van der Waals surface area (Å²) in [7, 11) is 0. The standard InChI is InChI=1S/C17H17Cl2NO3/c18-15-6-5-12(9-16(15)19)17(21)20(10-13-3-1-7-22-13)11-14-4-2-8-23-14/h1,3,5-7,9,14H,2,4,8,10-11H2. The van der Waals surface area contributed by atoms with E-state index in [0.29, 0.717) is 28.7 Å². The molecule has 23 heavy (non-hydrogen) atoms. The van der Waals surface area contributed by atoms with Gasteiger partial charge in [-0.05, 0) is 43.2 Å². The molecule has 3 rings (SSSR count). The lowest BCUT2D eigenvalue weighted by molar-refractivity contribution is 0.0491. The van der Waals surface area contributed by atoms with Gasteiger partial charge in [-0.3, -0.25) is 4.79 Å². The summed E-state index contributed by atoms with van der Waals surface area (Å²) in [5, 5.41) is 0.799. The van der Waals surface area contributed by atoms with E-state index >= 15 is 0 Å². The molecule has 1 amide bonds. The molecule has 0 N–H and O–H groups in total. The van der Waals surface area contributed by atoms with Crippen LogP contribution in [0, 0.1) is 0 Å². The van der Waals surface area contributed by atoms with E-state index in [2.05, 4.69) is 0 Å². The largest absolute Gasteiger partial charge is 0.467 e. The van der Waals surface area contributed by atoms with E-state index in [-0.39, 0.29) is 12.0 Å². The van der Waals surface area contributed by atoms with Crippen LogP contribution in [-0.4, -0.2) is 30.1 Å². The fourth-order valence-electron chi connectivity index (χ4n) is 2.66. The van der Waals surface area contributed by atoms with Gasteiger partial charge in [0.15, 0.2) is 0 Å². The highest BCUT2D eigenvalue weighted by atomic mass is 35.5. The highest BCUT2D eigenvalue weighted by molar-refractivity contribution is 6.42. The van der Waals surface area contributed by atoms with Gasteiger partial charge in [0.05, 0.1) is 29.0 Å². The first-order chi connectivity index (χ1) is 11.1. The van der Waals surface area contributed by atoms with Gasteiger partial charge in [0.2, 0.25) is 0 Å². The van der Waals surface area contributed by atoms with E-state index in [1.54, 1.807) is 29.4 Å². The fourth-order valence-corrected chi connectivity index (χ4v) is 2.95. The second-order valence-electron chi connectivity index (χ2n) is 5.53. The van der Waals surface area contributed by atoms with Crippen molar-refractivity contribution in [3.8, 4) is 0 Å². The molecule has 0 saturated carbocycles. The molecule has 0 spiro atoms. The molecule has 1 aliphatic rings. The van der Waals surface area contributed by atoms with Crippen LogP contribution in [0.4, 0.5) is 0 Å². The van der Waals surface area contributed by atoms with E-state index in [0.717, 1.165) is 25.2 Å². The molecule has 0 aliphatic carbocycles. The van der Waals surface area contributed by atoms with Gasteiger partial charge in [0.25, 0.3) is 5.91 Å². The summed E-state index contributed by atoms with van der Waals surface area (Å²) >= 11 is 12.0. The molecular weight excluding hydrogens is 337 g/mol. The monoisotopic (exact) mass is 353 g/mol. The summed E-state index contributed by atoms with van der Waals surface area (Å²) in [6.45, 7) is 1.67. The molecule has 1 saturated heterocycles. The van der Waals surface area contributed by atoms with Gasteiger partial charge in [0, 0.05) is 18.7 Å². The summed E-state index contributed by atoms with van der Waals surface area (Å²) in [5.74, 6) is 0.617. The number of hydrogen-bond acceptors (Lipinski definition) is 3. The maximum absolute atomic E-state index is 12.8. The second-order valence-corrected chi connectivity index (χ2v) is 6.34. The zero-order valence-electron chi connectivity index (χ0n) is 12.5. The first-order valence-electron chi connectivity index (χ1n) is 7.52. The molecule has 1 aromatic carbocycles. The minimum Gasteiger partial charge on any atom is -0.467 e. The summed E-state index contributed by atoms with van der Waals surface area (Å²) in [4.78, 5) is 14.6. The van der Waals surface area contributed by atoms with E-state index in [1.807, 2.05) is 12.1 Å². The lowest BCUT2D eigenvalue weighted by atomic mass is 10.1. The Morgan fingerprint density at radius 2 is 2.13 bits per heavy atom. The number of furan rings is 1. The van der Waals surface area contributed by atoms with Crippen LogP contribution in [-0.2, 0) is 11.3 Å². The average molecular weight is 354 g/mol. The number of halogens is 2. The first kappa shape index (κ1) is 16.4. The van der Waals surface area contributed by atoms with Crippen molar-refractivity contribution in [1.82, 2.24) is 4.90 Å². The Morgan fingerprint density at radius 3 is 2.78 bits per heavy atom. The summed E-state index contributed by atoms with van der Waals surface area (Å²) < 4.78 is 11.0. The van der Waals surface area contributed by atoms with Crippen molar-refractivity contribution in [1.29, 1.82) is 0 Å². The van der Waals surface area contributed by atoms with Gasteiger partial charge in [-0.2, -0.15) is 0 Å². The molecule has 2 heterocycles. The van der Waals surface area contributed by atoms with Crippen LogP contribution in [0.15, 0.2) is 41.0 Å². The molecule has 1 aliphatic heterocycles. The van der Waals surface area contributed by atoms with Crippen molar-refractivity contribution in [2.24, 2.45) is 0 Å². The van der Waals surface area contributed by atoms with E-state index in [4.69, 9.17) is 32.4 Å². The van der Waals surface area contributed by atoms with Crippen molar-refractivity contribution in [2.75, 3.05) is 13.2 Å². The van der Waals surface area contributed by atoms with Gasteiger partial charge in [-0.25, -0.2) is 0 Å². The summed E-state index contributed by atoms with van der Waals surface area (Å²) in [6.07, 6.45) is 3.66. The minimum absolute atomic E-state index is 0.0664. The molecule has 1 fully saturated rings. The Hall–Kier alpha value is -1.49. The highest BCUT2D eigenvalue weighted by Gasteiger charge is 2.24. The minimum atomic E-state index is -0.115. The van der Waals surface area contributed by atoms with Gasteiger partial charge in [-0.1, -0.05) is 23.2 Å². The van der Waals surface area contributed by atoms with Crippen molar-refractivity contribution >= 4 is 29.1 Å². The molecular formula is C17H17Cl2NO3. The first-order valence-corrected chi connectivity index (χ1v) is 8.27. The predicted octanol–water partition coefficient (Wildman–Crippen LogP) is 4.41. The normalized spacial score (nSPS) is 17.4. The summed E-state index contributed by atoms with van der Waals surface area (Å²) in [6, 6.07) is 8.57. The maximum Gasteiger partial charge on any atom is 0.254 e. The highest BCUT2D eigenvalue weighted by Crippen LogP contribution is 2.24. The lowest BCUT2D eigenvalue weighted by Gasteiger charge is -2.25. The third kappa shape index (κ3) is 4.08. The third-order valence-corrected chi connectivity index (χ3v) is 4.57. The Morgan fingerprint density at radius 1 is 1.26 bits per heavy atom. The maximum atomic E-state index is 12.8. The van der Waals surface area contributed by atoms with Crippen molar-refractivity contribution in [3.05, 3.63) is 58.0 Å². The number of nitrogens with zero attached hydrogens (tertiary/aromatic N) is 1. The average Bonchev–Trinajstić information content (AvgIpc) is 3.22. The van der Waals surface area contributed by atoms with Gasteiger partial charge >= 0.3 is 0 Å². The quantitative estimate of drug-likeness (QED) is 0.799. The zero-order chi connectivity index (χ0) is 16.2. The molecule has 6 heteroatoms. The fraction of sp³-hybridized carbons (Fsp3) is 0.353. The lowest BCUT2D eigenvalue weighted by Crippen LogP contribution is -2.36. The van der Waals surface area contributed by atoms with Gasteiger partial charge in [0.1, 0.15) is 5.76 Å². The topological polar surface area (TPSA) is 42.7 Å². The number of ether oxygens (including phenoxy) is 1. The van der Waals surface area contributed by atoms with E-state index in [1.165, 1.54) is 0 Å². The van der Waals surface area contributed by atoms with E-state index in [9.17, 15) is 4.79 Å².